The first kappa shape index (κ1) is 15.5. The Morgan fingerprint density at radius 1 is 1.42 bits per heavy atom. The summed E-state index contributed by atoms with van der Waals surface area (Å²) in [4.78, 5) is 33.4. The van der Waals surface area contributed by atoms with Crippen LogP contribution < -0.4 is 11.1 Å². The smallest absolute Gasteiger partial charge is 0.326 e. The minimum Gasteiger partial charge on any atom is -0.480 e. The summed E-state index contributed by atoms with van der Waals surface area (Å²) in [7, 11) is 0. The van der Waals surface area contributed by atoms with Gasteiger partial charge in [0.25, 0.3) is 5.91 Å². The zero-order chi connectivity index (χ0) is 14.6. The van der Waals surface area contributed by atoms with Crippen molar-refractivity contribution in [1.29, 1.82) is 0 Å². The minimum atomic E-state index is -1.38. The van der Waals surface area contributed by atoms with Crippen LogP contribution in [0.1, 0.15) is 16.8 Å². The molecule has 0 saturated carbocycles. The number of nitrogens with two attached hydrogens (primary N) is 1. The predicted molar refractivity (Wildman–Crippen MR) is 71.9 cm³/mol. The average molecular weight is 350 g/mol. The van der Waals surface area contributed by atoms with Crippen molar-refractivity contribution in [3.63, 3.8) is 0 Å². The molecule has 0 heterocycles. The fraction of sp³-hybridized carbons (Fsp3) is 0.182. The summed E-state index contributed by atoms with van der Waals surface area (Å²) in [6.07, 6.45) is -0.491. The van der Waals surface area contributed by atoms with Gasteiger partial charge in [0.15, 0.2) is 0 Å². The summed E-state index contributed by atoms with van der Waals surface area (Å²) < 4.78 is 0.681. The molecule has 8 heteroatoms. The zero-order valence-electron chi connectivity index (χ0n) is 9.52. The van der Waals surface area contributed by atoms with E-state index in [1.54, 1.807) is 6.07 Å². The van der Waals surface area contributed by atoms with Crippen LogP contribution in [0.15, 0.2) is 22.7 Å². The fourth-order valence-electron chi connectivity index (χ4n) is 1.31. The Morgan fingerprint density at radius 3 is 2.53 bits per heavy atom. The zero-order valence-corrected chi connectivity index (χ0v) is 11.9. The Morgan fingerprint density at radius 2 is 2.05 bits per heavy atom. The highest BCUT2D eigenvalue weighted by atomic mass is 79.9. The number of rotatable bonds is 5. The summed E-state index contributed by atoms with van der Waals surface area (Å²) >= 11 is 9.04. The van der Waals surface area contributed by atoms with E-state index >= 15 is 0 Å². The number of halogens is 2. The molecular weight excluding hydrogens is 339 g/mol. The molecule has 0 spiro atoms. The van der Waals surface area contributed by atoms with Gasteiger partial charge >= 0.3 is 5.97 Å². The molecule has 2 amide bonds. The molecule has 0 bridgehead atoms. The highest BCUT2D eigenvalue weighted by Gasteiger charge is 2.23. The minimum absolute atomic E-state index is 0.112. The topological polar surface area (TPSA) is 109 Å². The molecule has 1 aromatic rings. The SMILES string of the molecule is NC(=O)C[C@H](NC(=O)c1ccc(Br)cc1Cl)C(=O)O. The van der Waals surface area contributed by atoms with Crippen LogP contribution in [0.5, 0.6) is 0 Å². The van der Waals surface area contributed by atoms with Gasteiger partial charge in [-0.3, -0.25) is 9.59 Å². The van der Waals surface area contributed by atoms with Crippen LogP contribution in [0.3, 0.4) is 0 Å². The summed E-state index contributed by atoms with van der Waals surface area (Å²) in [5.74, 6) is -2.86. The second kappa shape index (κ2) is 6.53. The summed E-state index contributed by atoms with van der Waals surface area (Å²) in [6.45, 7) is 0. The van der Waals surface area contributed by atoms with Crippen LogP contribution in [0, 0.1) is 0 Å². The number of carbonyl (C=O) groups is 3. The Balaban J connectivity index is 2.87. The van der Waals surface area contributed by atoms with Crippen LogP contribution in [0.25, 0.3) is 0 Å². The van der Waals surface area contributed by atoms with Crippen LogP contribution in [0.4, 0.5) is 0 Å². The number of benzene rings is 1. The van der Waals surface area contributed by atoms with Gasteiger partial charge in [0.05, 0.1) is 17.0 Å². The van der Waals surface area contributed by atoms with Crippen molar-refractivity contribution in [3.8, 4) is 0 Å². The van der Waals surface area contributed by atoms with Crippen LogP contribution in [-0.2, 0) is 9.59 Å². The standard InChI is InChI=1S/C11H10BrClN2O4/c12-5-1-2-6(7(13)3-5)10(17)15-8(11(18)19)4-9(14)16/h1-3,8H,4H2,(H2,14,16)(H,15,17)(H,18,19)/t8-/m0/s1. The van der Waals surface area contributed by atoms with Crippen molar-refractivity contribution < 1.29 is 19.5 Å². The van der Waals surface area contributed by atoms with E-state index in [0.29, 0.717) is 4.47 Å². The Hall–Kier alpha value is -1.60. The van der Waals surface area contributed by atoms with Crippen LogP contribution in [0.2, 0.25) is 5.02 Å². The van der Waals surface area contributed by atoms with Gasteiger partial charge in [-0.15, -0.1) is 0 Å². The second-order valence-corrected chi connectivity index (χ2v) is 4.98. The Bertz CT molecular complexity index is 535. The number of amides is 2. The third-order valence-electron chi connectivity index (χ3n) is 2.18. The first-order valence-electron chi connectivity index (χ1n) is 5.08. The van der Waals surface area contributed by atoms with Gasteiger partial charge < -0.3 is 16.2 Å². The van der Waals surface area contributed by atoms with Gasteiger partial charge in [-0.05, 0) is 18.2 Å². The number of nitrogens with one attached hydrogen (secondary N) is 1. The lowest BCUT2D eigenvalue weighted by molar-refractivity contribution is -0.140. The van der Waals surface area contributed by atoms with E-state index in [1.807, 2.05) is 0 Å². The highest BCUT2D eigenvalue weighted by Crippen LogP contribution is 2.21. The first-order valence-corrected chi connectivity index (χ1v) is 6.25. The highest BCUT2D eigenvalue weighted by molar-refractivity contribution is 9.10. The van der Waals surface area contributed by atoms with Crippen molar-refractivity contribution in [1.82, 2.24) is 5.32 Å². The molecule has 4 N–H and O–H groups in total. The molecule has 19 heavy (non-hydrogen) atoms. The van der Waals surface area contributed by atoms with Crippen molar-refractivity contribution >= 4 is 45.3 Å². The quantitative estimate of drug-likeness (QED) is 0.741. The molecule has 0 saturated heterocycles. The maximum Gasteiger partial charge on any atom is 0.326 e. The molecule has 0 aliphatic carbocycles. The van der Waals surface area contributed by atoms with Gasteiger partial charge in [0.2, 0.25) is 5.91 Å². The van der Waals surface area contributed by atoms with E-state index in [9.17, 15) is 14.4 Å². The first-order chi connectivity index (χ1) is 8.81. The molecule has 1 rings (SSSR count). The van der Waals surface area contributed by atoms with Gasteiger partial charge in [-0.1, -0.05) is 27.5 Å². The van der Waals surface area contributed by atoms with Crippen LogP contribution in [-0.4, -0.2) is 28.9 Å². The number of hydrogen-bond donors (Lipinski definition) is 3. The number of aliphatic carboxylic acids is 1. The van der Waals surface area contributed by atoms with Crippen molar-refractivity contribution in [2.45, 2.75) is 12.5 Å². The van der Waals surface area contributed by atoms with E-state index in [4.69, 9.17) is 22.4 Å². The third kappa shape index (κ3) is 4.53. The number of carbonyl (C=O) groups excluding carboxylic acids is 2. The lowest BCUT2D eigenvalue weighted by Crippen LogP contribution is -2.43. The van der Waals surface area contributed by atoms with Gasteiger partial charge in [-0.25, -0.2) is 4.79 Å². The van der Waals surface area contributed by atoms with Crippen molar-refractivity contribution in [3.05, 3.63) is 33.3 Å². The second-order valence-electron chi connectivity index (χ2n) is 3.66. The molecule has 0 aliphatic rings. The van der Waals surface area contributed by atoms with Crippen LogP contribution >= 0.6 is 27.5 Å². The molecule has 1 atom stereocenters. The van der Waals surface area contributed by atoms with Crippen molar-refractivity contribution in [2.75, 3.05) is 0 Å². The molecule has 0 radical (unpaired) electrons. The summed E-state index contributed by atoms with van der Waals surface area (Å²) in [5.41, 5.74) is 5.02. The Kier molecular flexibility index (Phi) is 5.31. The summed E-state index contributed by atoms with van der Waals surface area (Å²) in [6, 6.07) is 3.14. The molecule has 1 aromatic carbocycles. The maximum atomic E-state index is 11.8. The van der Waals surface area contributed by atoms with Crippen molar-refractivity contribution in [2.24, 2.45) is 5.73 Å². The Labute approximate surface area is 122 Å². The maximum absolute atomic E-state index is 11.8. The molecule has 0 unspecified atom stereocenters. The number of primary amides is 1. The van der Waals surface area contributed by atoms with Gasteiger partial charge in [-0.2, -0.15) is 0 Å². The predicted octanol–water partition coefficient (Wildman–Crippen LogP) is 1.16. The molecule has 102 valence electrons. The van der Waals surface area contributed by atoms with E-state index in [2.05, 4.69) is 21.2 Å². The number of carboxylic acids is 1. The molecule has 0 aromatic heterocycles. The summed E-state index contributed by atoms with van der Waals surface area (Å²) in [5, 5.41) is 11.2. The molecule has 0 fully saturated rings. The lowest BCUT2D eigenvalue weighted by atomic mass is 10.1. The average Bonchev–Trinajstić information content (AvgIpc) is 2.26. The fourth-order valence-corrected chi connectivity index (χ4v) is 2.07. The van der Waals surface area contributed by atoms with E-state index < -0.39 is 30.2 Å². The van der Waals surface area contributed by atoms with Gasteiger partial charge in [0.1, 0.15) is 6.04 Å². The lowest BCUT2D eigenvalue weighted by Gasteiger charge is -2.13. The normalized spacial score (nSPS) is 11.7. The van der Waals surface area contributed by atoms with E-state index in [-0.39, 0.29) is 10.6 Å². The molecular formula is C11H10BrClN2O4. The van der Waals surface area contributed by atoms with E-state index in [1.165, 1.54) is 12.1 Å². The monoisotopic (exact) mass is 348 g/mol. The third-order valence-corrected chi connectivity index (χ3v) is 2.99. The van der Waals surface area contributed by atoms with Gasteiger partial charge in [0, 0.05) is 4.47 Å². The number of hydrogen-bond acceptors (Lipinski definition) is 3. The largest absolute Gasteiger partial charge is 0.480 e. The van der Waals surface area contributed by atoms with E-state index in [0.717, 1.165) is 0 Å². The number of carboxylic acid groups (broad SMARTS) is 1. The molecule has 6 nitrogen and oxygen atoms in total. The molecule has 0 aliphatic heterocycles.